The van der Waals surface area contributed by atoms with Crippen molar-refractivity contribution >= 4 is 17.2 Å². The maximum Gasteiger partial charge on any atom is 0.251 e. The van der Waals surface area contributed by atoms with E-state index in [1.54, 1.807) is 17.5 Å². The van der Waals surface area contributed by atoms with Crippen LogP contribution in [0, 0.1) is 0 Å². The van der Waals surface area contributed by atoms with Crippen LogP contribution >= 0.6 is 11.3 Å². The van der Waals surface area contributed by atoms with E-state index in [-0.39, 0.29) is 5.91 Å². The number of aromatic amines is 1. The third-order valence-electron chi connectivity index (χ3n) is 2.99. The molecule has 1 aromatic carbocycles. The molecule has 1 amide bonds. The molecule has 0 saturated carbocycles. The summed E-state index contributed by atoms with van der Waals surface area (Å²) >= 11 is 1.63. The van der Waals surface area contributed by atoms with Crippen LogP contribution in [0.25, 0.3) is 11.3 Å². The smallest absolute Gasteiger partial charge is 0.251 e. The predicted octanol–water partition coefficient (Wildman–Crippen LogP) is 3.07. The summed E-state index contributed by atoms with van der Waals surface area (Å²) in [5.74, 6) is -0.0626. The molecule has 4 nitrogen and oxygen atoms in total. The molecule has 0 saturated heterocycles. The number of hydrogen-bond donors (Lipinski definition) is 2. The van der Waals surface area contributed by atoms with Crippen molar-refractivity contribution in [2.45, 2.75) is 6.54 Å². The van der Waals surface area contributed by atoms with Gasteiger partial charge in [0.1, 0.15) is 0 Å². The van der Waals surface area contributed by atoms with Gasteiger partial charge in [0.05, 0.1) is 5.69 Å². The molecule has 100 valence electrons. The molecule has 0 aliphatic heterocycles. The molecule has 0 radical (unpaired) electrons. The molecule has 0 bridgehead atoms. The van der Waals surface area contributed by atoms with Crippen molar-refractivity contribution in [1.29, 1.82) is 0 Å². The number of amides is 1. The van der Waals surface area contributed by atoms with Gasteiger partial charge in [-0.1, -0.05) is 12.1 Å². The van der Waals surface area contributed by atoms with Crippen LogP contribution in [-0.4, -0.2) is 16.1 Å². The molecule has 3 aromatic rings. The average Bonchev–Trinajstić information content (AvgIpc) is 3.18. The van der Waals surface area contributed by atoms with E-state index in [2.05, 4.69) is 15.5 Å². The Kier molecular flexibility index (Phi) is 3.60. The third-order valence-corrected chi connectivity index (χ3v) is 3.72. The molecule has 3 rings (SSSR count). The zero-order valence-electron chi connectivity index (χ0n) is 10.7. The lowest BCUT2D eigenvalue weighted by molar-refractivity contribution is 0.0951. The lowest BCUT2D eigenvalue weighted by Crippen LogP contribution is -2.22. The first-order valence-corrected chi connectivity index (χ1v) is 7.16. The number of aromatic nitrogens is 2. The van der Waals surface area contributed by atoms with Crippen LogP contribution in [0.1, 0.15) is 15.9 Å². The molecule has 20 heavy (non-hydrogen) atoms. The highest BCUT2D eigenvalue weighted by molar-refractivity contribution is 7.07. The summed E-state index contributed by atoms with van der Waals surface area (Å²) in [6.07, 6.45) is 1.71. The van der Waals surface area contributed by atoms with Crippen LogP contribution in [0.2, 0.25) is 0 Å². The van der Waals surface area contributed by atoms with Crippen LogP contribution in [0.5, 0.6) is 0 Å². The molecule has 0 aliphatic rings. The van der Waals surface area contributed by atoms with Crippen molar-refractivity contribution in [3.63, 3.8) is 0 Å². The summed E-state index contributed by atoms with van der Waals surface area (Å²) in [4.78, 5) is 12.0. The molecule has 0 atom stereocenters. The zero-order chi connectivity index (χ0) is 13.8. The van der Waals surface area contributed by atoms with Gasteiger partial charge in [0.15, 0.2) is 0 Å². The Labute approximate surface area is 120 Å². The highest BCUT2D eigenvalue weighted by Gasteiger charge is 2.06. The van der Waals surface area contributed by atoms with Crippen molar-refractivity contribution in [2.24, 2.45) is 0 Å². The van der Waals surface area contributed by atoms with Gasteiger partial charge in [-0.15, -0.1) is 0 Å². The van der Waals surface area contributed by atoms with Crippen molar-refractivity contribution < 1.29 is 4.79 Å². The van der Waals surface area contributed by atoms with Gasteiger partial charge in [-0.3, -0.25) is 9.89 Å². The highest BCUT2D eigenvalue weighted by atomic mass is 32.1. The molecular formula is C15H13N3OS. The topological polar surface area (TPSA) is 57.8 Å². The Morgan fingerprint density at radius 2 is 2.05 bits per heavy atom. The maximum absolute atomic E-state index is 12.0. The van der Waals surface area contributed by atoms with Crippen molar-refractivity contribution in [3.05, 3.63) is 64.5 Å². The van der Waals surface area contributed by atoms with E-state index in [9.17, 15) is 4.79 Å². The summed E-state index contributed by atoms with van der Waals surface area (Å²) < 4.78 is 0. The minimum absolute atomic E-state index is 0.0626. The normalized spacial score (nSPS) is 10.4. The van der Waals surface area contributed by atoms with E-state index in [1.165, 1.54) is 0 Å². The number of hydrogen-bond acceptors (Lipinski definition) is 3. The maximum atomic E-state index is 12.0. The second kappa shape index (κ2) is 5.71. The first kappa shape index (κ1) is 12.6. The standard InChI is InChI=1S/C15H13N3OS/c19-15(16-9-11-6-8-20-10-11)13-3-1-12(2-4-13)14-5-7-17-18-14/h1-8,10H,9H2,(H,16,19)(H,17,18). The van der Waals surface area contributed by atoms with Gasteiger partial charge in [-0.05, 0) is 46.2 Å². The van der Waals surface area contributed by atoms with Crippen LogP contribution in [0.4, 0.5) is 0 Å². The summed E-state index contributed by atoms with van der Waals surface area (Å²) in [7, 11) is 0. The van der Waals surface area contributed by atoms with E-state index in [1.807, 2.05) is 47.2 Å². The van der Waals surface area contributed by atoms with E-state index in [0.717, 1.165) is 16.8 Å². The number of nitrogens with one attached hydrogen (secondary N) is 2. The molecule has 2 heterocycles. The fourth-order valence-corrected chi connectivity index (χ4v) is 2.56. The van der Waals surface area contributed by atoms with E-state index in [4.69, 9.17) is 0 Å². The Morgan fingerprint density at radius 1 is 1.20 bits per heavy atom. The molecule has 0 aliphatic carbocycles. The van der Waals surface area contributed by atoms with Gasteiger partial charge in [0.2, 0.25) is 0 Å². The quantitative estimate of drug-likeness (QED) is 0.773. The minimum atomic E-state index is -0.0626. The second-order valence-electron chi connectivity index (χ2n) is 4.36. The SMILES string of the molecule is O=C(NCc1ccsc1)c1ccc(-c2ccn[nH]2)cc1. The van der Waals surface area contributed by atoms with E-state index >= 15 is 0 Å². The predicted molar refractivity (Wildman–Crippen MR) is 79.5 cm³/mol. The Morgan fingerprint density at radius 3 is 2.70 bits per heavy atom. The summed E-state index contributed by atoms with van der Waals surface area (Å²) in [6, 6.07) is 11.4. The number of benzene rings is 1. The van der Waals surface area contributed by atoms with E-state index < -0.39 is 0 Å². The highest BCUT2D eigenvalue weighted by Crippen LogP contribution is 2.16. The summed E-state index contributed by atoms with van der Waals surface area (Å²) in [6.45, 7) is 0.560. The van der Waals surface area contributed by atoms with Gasteiger partial charge in [-0.2, -0.15) is 16.4 Å². The van der Waals surface area contributed by atoms with Gasteiger partial charge >= 0.3 is 0 Å². The number of carbonyl (C=O) groups is 1. The number of H-pyrrole nitrogens is 1. The summed E-state index contributed by atoms with van der Waals surface area (Å²) in [5.41, 5.74) is 3.73. The first-order valence-electron chi connectivity index (χ1n) is 6.22. The molecule has 2 N–H and O–H groups in total. The lowest BCUT2D eigenvalue weighted by Gasteiger charge is -2.05. The molecule has 0 fully saturated rings. The fraction of sp³-hybridized carbons (Fsp3) is 0.0667. The van der Waals surface area contributed by atoms with Crippen molar-refractivity contribution in [2.75, 3.05) is 0 Å². The molecule has 2 aromatic heterocycles. The van der Waals surface area contributed by atoms with Gasteiger partial charge in [0.25, 0.3) is 5.91 Å². The van der Waals surface area contributed by atoms with E-state index in [0.29, 0.717) is 12.1 Å². The monoisotopic (exact) mass is 283 g/mol. The van der Waals surface area contributed by atoms with Crippen LogP contribution < -0.4 is 5.32 Å². The van der Waals surface area contributed by atoms with Gasteiger partial charge < -0.3 is 5.32 Å². The minimum Gasteiger partial charge on any atom is -0.348 e. The number of thiophene rings is 1. The molecular weight excluding hydrogens is 270 g/mol. The third kappa shape index (κ3) is 2.78. The molecule has 0 unspecified atom stereocenters. The Bertz CT molecular complexity index is 673. The fourth-order valence-electron chi connectivity index (χ4n) is 1.90. The second-order valence-corrected chi connectivity index (χ2v) is 5.14. The van der Waals surface area contributed by atoms with Crippen LogP contribution in [0.15, 0.2) is 53.4 Å². The summed E-state index contributed by atoms with van der Waals surface area (Å²) in [5, 5.41) is 13.7. The van der Waals surface area contributed by atoms with Crippen LogP contribution in [0.3, 0.4) is 0 Å². The largest absolute Gasteiger partial charge is 0.348 e. The Hall–Kier alpha value is -2.40. The number of carbonyl (C=O) groups excluding carboxylic acids is 1. The lowest BCUT2D eigenvalue weighted by atomic mass is 10.1. The van der Waals surface area contributed by atoms with Crippen molar-refractivity contribution in [3.8, 4) is 11.3 Å². The first-order chi connectivity index (χ1) is 9.83. The van der Waals surface area contributed by atoms with Gasteiger partial charge in [-0.25, -0.2) is 0 Å². The van der Waals surface area contributed by atoms with Gasteiger partial charge in [0, 0.05) is 18.3 Å². The Balaban J connectivity index is 1.66. The molecule has 0 spiro atoms. The molecule has 5 heteroatoms. The number of rotatable bonds is 4. The van der Waals surface area contributed by atoms with Crippen LogP contribution in [-0.2, 0) is 6.54 Å². The number of nitrogens with zero attached hydrogens (tertiary/aromatic N) is 1. The van der Waals surface area contributed by atoms with Crippen molar-refractivity contribution in [1.82, 2.24) is 15.5 Å². The average molecular weight is 283 g/mol. The zero-order valence-corrected chi connectivity index (χ0v) is 11.5.